The fraction of sp³-hybridized carbons (Fsp3) is 0.0870. The summed E-state index contributed by atoms with van der Waals surface area (Å²) in [5.74, 6) is 0.854. The maximum atomic E-state index is 5.27. The summed E-state index contributed by atoms with van der Waals surface area (Å²) in [7, 11) is 1.68. The van der Waals surface area contributed by atoms with E-state index in [9.17, 15) is 0 Å². The summed E-state index contributed by atoms with van der Waals surface area (Å²) in [6.45, 7) is 2.11. The van der Waals surface area contributed by atoms with Gasteiger partial charge >= 0.3 is 0 Å². The molecule has 1 aromatic heterocycles. The molecule has 0 amide bonds. The van der Waals surface area contributed by atoms with E-state index in [-0.39, 0.29) is 0 Å². The van der Waals surface area contributed by atoms with Crippen LogP contribution in [0.15, 0.2) is 78.9 Å². The number of methoxy groups -OCH3 is 1. The zero-order chi connectivity index (χ0) is 17.9. The van der Waals surface area contributed by atoms with Crippen molar-refractivity contribution >= 4 is 11.3 Å². The number of ether oxygens (including phenoxy) is 1. The SMILES string of the molecule is COc1ccc(-c2nc(-c3cccc(C)c3)c(-c3ccccc3)s2)cc1. The van der Waals surface area contributed by atoms with E-state index < -0.39 is 0 Å². The Morgan fingerprint density at radius 2 is 1.50 bits per heavy atom. The lowest BCUT2D eigenvalue weighted by Crippen LogP contribution is -1.84. The van der Waals surface area contributed by atoms with Gasteiger partial charge in [0.05, 0.1) is 17.7 Å². The lowest BCUT2D eigenvalue weighted by atomic mass is 10.0. The Morgan fingerprint density at radius 1 is 0.769 bits per heavy atom. The first kappa shape index (κ1) is 16.6. The van der Waals surface area contributed by atoms with E-state index in [4.69, 9.17) is 9.72 Å². The highest BCUT2D eigenvalue weighted by molar-refractivity contribution is 7.19. The fourth-order valence-corrected chi connectivity index (χ4v) is 4.05. The summed E-state index contributed by atoms with van der Waals surface area (Å²) < 4.78 is 5.27. The molecule has 1 heterocycles. The summed E-state index contributed by atoms with van der Waals surface area (Å²) in [4.78, 5) is 6.20. The maximum Gasteiger partial charge on any atom is 0.124 e. The molecule has 0 fully saturated rings. The van der Waals surface area contributed by atoms with Crippen LogP contribution in [-0.2, 0) is 0 Å². The molecule has 0 N–H and O–H groups in total. The van der Waals surface area contributed by atoms with Crippen molar-refractivity contribution in [3.8, 4) is 38.0 Å². The van der Waals surface area contributed by atoms with E-state index >= 15 is 0 Å². The molecule has 4 aromatic rings. The first-order valence-electron chi connectivity index (χ1n) is 8.52. The lowest BCUT2D eigenvalue weighted by Gasteiger charge is -2.03. The van der Waals surface area contributed by atoms with Crippen LogP contribution in [0.4, 0.5) is 0 Å². The van der Waals surface area contributed by atoms with E-state index in [2.05, 4.69) is 67.6 Å². The average Bonchev–Trinajstić information content (AvgIpc) is 3.14. The first-order chi connectivity index (χ1) is 12.7. The fourth-order valence-electron chi connectivity index (χ4n) is 2.95. The highest BCUT2D eigenvalue weighted by Crippen LogP contribution is 2.40. The minimum Gasteiger partial charge on any atom is -0.497 e. The van der Waals surface area contributed by atoms with Crippen LogP contribution in [-0.4, -0.2) is 12.1 Å². The van der Waals surface area contributed by atoms with Gasteiger partial charge in [-0.1, -0.05) is 54.1 Å². The third kappa shape index (κ3) is 3.26. The standard InChI is InChI=1S/C23H19NOS/c1-16-7-6-10-19(15-16)21-22(17-8-4-3-5-9-17)26-23(24-21)18-11-13-20(25-2)14-12-18/h3-15H,1-2H3. The molecule has 0 saturated carbocycles. The van der Waals surface area contributed by atoms with Crippen LogP contribution in [0.2, 0.25) is 0 Å². The highest BCUT2D eigenvalue weighted by atomic mass is 32.1. The molecule has 4 rings (SSSR count). The van der Waals surface area contributed by atoms with Gasteiger partial charge in [0.2, 0.25) is 0 Å². The molecule has 0 radical (unpaired) electrons. The molecule has 0 aliphatic carbocycles. The van der Waals surface area contributed by atoms with Gasteiger partial charge in [-0.2, -0.15) is 0 Å². The number of rotatable bonds is 4. The summed E-state index contributed by atoms with van der Waals surface area (Å²) in [5.41, 5.74) is 5.73. The zero-order valence-electron chi connectivity index (χ0n) is 14.8. The zero-order valence-corrected chi connectivity index (χ0v) is 15.6. The van der Waals surface area contributed by atoms with Crippen molar-refractivity contribution in [3.63, 3.8) is 0 Å². The van der Waals surface area contributed by atoms with Crippen molar-refractivity contribution in [1.29, 1.82) is 0 Å². The molecule has 3 aromatic carbocycles. The van der Waals surface area contributed by atoms with E-state index in [1.807, 2.05) is 18.2 Å². The number of aromatic nitrogens is 1. The third-order valence-corrected chi connectivity index (χ3v) is 5.45. The Morgan fingerprint density at radius 3 is 2.19 bits per heavy atom. The minimum atomic E-state index is 0.854. The van der Waals surface area contributed by atoms with Gasteiger partial charge in [0, 0.05) is 11.1 Å². The van der Waals surface area contributed by atoms with Crippen LogP contribution in [0.3, 0.4) is 0 Å². The quantitative estimate of drug-likeness (QED) is 0.418. The topological polar surface area (TPSA) is 22.1 Å². The Hall–Kier alpha value is -2.91. The van der Waals surface area contributed by atoms with Gasteiger partial charge in [-0.3, -0.25) is 0 Å². The summed E-state index contributed by atoms with van der Waals surface area (Å²) in [5, 5.41) is 1.02. The van der Waals surface area contributed by atoms with Crippen LogP contribution in [0.5, 0.6) is 5.75 Å². The second-order valence-corrected chi connectivity index (χ2v) is 7.16. The third-order valence-electron chi connectivity index (χ3n) is 4.29. The molecule has 0 atom stereocenters. The maximum absolute atomic E-state index is 5.27. The summed E-state index contributed by atoms with van der Waals surface area (Å²) >= 11 is 1.73. The van der Waals surface area contributed by atoms with Gasteiger partial charge in [0.15, 0.2) is 0 Å². The van der Waals surface area contributed by atoms with Gasteiger partial charge in [0.1, 0.15) is 10.8 Å². The van der Waals surface area contributed by atoms with Gasteiger partial charge in [-0.25, -0.2) is 4.98 Å². The van der Waals surface area contributed by atoms with Gasteiger partial charge in [-0.15, -0.1) is 11.3 Å². The Balaban J connectivity index is 1.87. The van der Waals surface area contributed by atoms with Crippen LogP contribution in [0.25, 0.3) is 32.3 Å². The number of nitrogens with zero attached hydrogens (tertiary/aromatic N) is 1. The van der Waals surface area contributed by atoms with Gasteiger partial charge < -0.3 is 4.74 Å². The van der Waals surface area contributed by atoms with E-state index in [1.165, 1.54) is 16.0 Å². The lowest BCUT2D eigenvalue weighted by molar-refractivity contribution is 0.415. The van der Waals surface area contributed by atoms with Crippen molar-refractivity contribution < 1.29 is 4.74 Å². The summed E-state index contributed by atoms with van der Waals surface area (Å²) in [6.07, 6.45) is 0. The monoisotopic (exact) mass is 357 g/mol. The molecule has 0 saturated heterocycles. The van der Waals surface area contributed by atoms with Crippen LogP contribution in [0, 0.1) is 6.92 Å². The number of hydrogen-bond donors (Lipinski definition) is 0. The molecule has 26 heavy (non-hydrogen) atoms. The van der Waals surface area contributed by atoms with Crippen LogP contribution in [0.1, 0.15) is 5.56 Å². The Kier molecular flexibility index (Phi) is 4.55. The number of hydrogen-bond acceptors (Lipinski definition) is 3. The van der Waals surface area contributed by atoms with Crippen molar-refractivity contribution in [2.24, 2.45) is 0 Å². The molecular weight excluding hydrogens is 338 g/mol. The molecule has 0 unspecified atom stereocenters. The second kappa shape index (κ2) is 7.14. The predicted octanol–water partition coefficient (Wildman–Crippen LogP) is 6.46. The Labute approximate surface area is 157 Å². The summed E-state index contributed by atoms with van der Waals surface area (Å²) in [6, 6.07) is 27.1. The van der Waals surface area contributed by atoms with E-state index in [0.717, 1.165) is 27.6 Å². The molecule has 128 valence electrons. The molecule has 2 nitrogen and oxygen atoms in total. The predicted molar refractivity (Wildman–Crippen MR) is 110 cm³/mol. The number of benzene rings is 3. The van der Waals surface area contributed by atoms with Crippen LogP contribution < -0.4 is 4.74 Å². The largest absolute Gasteiger partial charge is 0.497 e. The average molecular weight is 357 g/mol. The first-order valence-corrected chi connectivity index (χ1v) is 9.34. The molecule has 0 spiro atoms. The molecule has 0 aliphatic rings. The molecule has 0 bridgehead atoms. The molecular formula is C23H19NOS. The second-order valence-electron chi connectivity index (χ2n) is 6.16. The van der Waals surface area contributed by atoms with Crippen LogP contribution >= 0.6 is 11.3 Å². The van der Waals surface area contributed by atoms with E-state index in [0.29, 0.717) is 0 Å². The van der Waals surface area contributed by atoms with Crippen molar-refractivity contribution in [3.05, 3.63) is 84.4 Å². The normalized spacial score (nSPS) is 10.7. The molecule has 0 aliphatic heterocycles. The smallest absolute Gasteiger partial charge is 0.124 e. The van der Waals surface area contributed by atoms with Crippen molar-refractivity contribution in [1.82, 2.24) is 4.98 Å². The van der Waals surface area contributed by atoms with Gasteiger partial charge in [-0.05, 0) is 42.8 Å². The van der Waals surface area contributed by atoms with Crippen molar-refractivity contribution in [2.75, 3.05) is 7.11 Å². The number of thiazole rings is 1. The molecule has 3 heteroatoms. The van der Waals surface area contributed by atoms with Gasteiger partial charge in [0.25, 0.3) is 0 Å². The highest BCUT2D eigenvalue weighted by Gasteiger charge is 2.16. The Bertz CT molecular complexity index is 1020. The van der Waals surface area contributed by atoms with E-state index in [1.54, 1.807) is 18.4 Å². The minimum absolute atomic E-state index is 0.854. The van der Waals surface area contributed by atoms with Crippen molar-refractivity contribution in [2.45, 2.75) is 6.92 Å². The number of aryl methyl sites for hydroxylation is 1.